The van der Waals surface area contributed by atoms with E-state index in [0.29, 0.717) is 0 Å². The molecule has 0 aromatic heterocycles. The Hall–Kier alpha value is -2.27. The van der Waals surface area contributed by atoms with Gasteiger partial charge in [0, 0.05) is 12.7 Å². The van der Waals surface area contributed by atoms with Gasteiger partial charge in [-0.2, -0.15) is 0 Å². The van der Waals surface area contributed by atoms with Crippen LogP contribution in [0.3, 0.4) is 0 Å². The summed E-state index contributed by atoms with van der Waals surface area (Å²) >= 11 is 0. The Morgan fingerprint density at radius 2 is 1.75 bits per heavy atom. The summed E-state index contributed by atoms with van der Waals surface area (Å²) < 4.78 is 18.9. The molecule has 0 spiro atoms. The van der Waals surface area contributed by atoms with E-state index in [2.05, 4.69) is 0 Å². The average Bonchev–Trinajstić information content (AvgIpc) is 2.44. The maximum atomic E-state index is 13.6. The van der Waals surface area contributed by atoms with Crippen LogP contribution in [0, 0.1) is 12.7 Å². The third kappa shape index (κ3) is 2.40. The molecule has 0 aliphatic heterocycles. The number of nitrogen functional groups attached to an aromatic ring is 1. The molecule has 4 N–H and O–H groups in total. The Labute approximate surface area is 116 Å². The van der Waals surface area contributed by atoms with Crippen molar-refractivity contribution in [2.45, 2.75) is 13.0 Å². The smallest absolute Gasteiger partial charge is 0.178 e. The lowest BCUT2D eigenvalue weighted by atomic mass is 9.98. The topological polar surface area (TPSA) is 75.7 Å². The number of phenols is 2. The van der Waals surface area contributed by atoms with Gasteiger partial charge in [0.15, 0.2) is 11.6 Å². The zero-order valence-electron chi connectivity index (χ0n) is 11.2. The second-order valence-corrected chi connectivity index (χ2v) is 4.58. The van der Waals surface area contributed by atoms with Crippen molar-refractivity contribution in [1.29, 1.82) is 0 Å². The molecule has 0 saturated carbocycles. The molecule has 0 amide bonds. The number of aryl methyl sites for hydroxylation is 1. The monoisotopic (exact) mass is 277 g/mol. The van der Waals surface area contributed by atoms with Crippen LogP contribution in [0.25, 0.3) is 0 Å². The van der Waals surface area contributed by atoms with Crippen LogP contribution in [0.1, 0.15) is 22.8 Å². The van der Waals surface area contributed by atoms with E-state index in [1.54, 1.807) is 0 Å². The highest BCUT2D eigenvalue weighted by molar-refractivity contribution is 5.66. The van der Waals surface area contributed by atoms with E-state index in [1.807, 2.05) is 31.2 Å². The molecule has 2 aromatic rings. The predicted molar refractivity (Wildman–Crippen MR) is 74.2 cm³/mol. The minimum absolute atomic E-state index is 0.171. The third-order valence-corrected chi connectivity index (χ3v) is 3.19. The lowest BCUT2D eigenvalue weighted by Crippen LogP contribution is -2.06. The quantitative estimate of drug-likeness (QED) is 0.595. The second-order valence-electron chi connectivity index (χ2n) is 4.58. The zero-order chi connectivity index (χ0) is 14.9. The lowest BCUT2D eigenvalue weighted by Gasteiger charge is -2.19. The molecule has 0 heterocycles. The second kappa shape index (κ2) is 5.38. The van der Waals surface area contributed by atoms with Gasteiger partial charge in [0.2, 0.25) is 0 Å². The number of phenolic OH excluding ortho intramolecular Hbond substituents is 2. The Kier molecular flexibility index (Phi) is 3.81. The van der Waals surface area contributed by atoms with Crippen LogP contribution in [-0.2, 0) is 4.74 Å². The molecule has 0 radical (unpaired) electrons. The van der Waals surface area contributed by atoms with Crippen molar-refractivity contribution >= 4 is 5.69 Å². The van der Waals surface area contributed by atoms with E-state index in [-0.39, 0.29) is 11.3 Å². The number of nitrogens with two attached hydrogens (primary N) is 1. The maximum absolute atomic E-state index is 13.6. The van der Waals surface area contributed by atoms with Gasteiger partial charge >= 0.3 is 0 Å². The summed E-state index contributed by atoms with van der Waals surface area (Å²) in [6.07, 6.45) is -0.673. The molecule has 106 valence electrons. The van der Waals surface area contributed by atoms with Gasteiger partial charge in [-0.3, -0.25) is 0 Å². The minimum Gasteiger partial charge on any atom is -0.505 e. The van der Waals surface area contributed by atoms with Crippen LogP contribution in [0.15, 0.2) is 30.3 Å². The molecule has 1 atom stereocenters. The van der Waals surface area contributed by atoms with Gasteiger partial charge in [-0.05, 0) is 18.6 Å². The molecule has 0 saturated heterocycles. The molecule has 20 heavy (non-hydrogen) atoms. The number of methoxy groups -OCH3 is 1. The van der Waals surface area contributed by atoms with E-state index in [9.17, 15) is 14.6 Å². The Morgan fingerprint density at radius 1 is 1.15 bits per heavy atom. The van der Waals surface area contributed by atoms with Crippen molar-refractivity contribution in [2.75, 3.05) is 12.8 Å². The first-order valence-corrected chi connectivity index (χ1v) is 6.04. The van der Waals surface area contributed by atoms with E-state index >= 15 is 0 Å². The summed E-state index contributed by atoms with van der Waals surface area (Å²) in [6, 6.07) is 8.44. The van der Waals surface area contributed by atoms with Crippen molar-refractivity contribution < 1.29 is 19.3 Å². The maximum Gasteiger partial charge on any atom is 0.178 e. The van der Waals surface area contributed by atoms with Crippen molar-refractivity contribution in [3.05, 3.63) is 52.8 Å². The van der Waals surface area contributed by atoms with Crippen LogP contribution in [0.5, 0.6) is 11.5 Å². The van der Waals surface area contributed by atoms with Crippen molar-refractivity contribution in [2.24, 2.45) is 0 Å². The highest BCUT2D eigenvalue weighted by Gasteiger charge is 2.23. The number of hydrogen-bond donors (Lipinski definition) is 3. The largest absolute Gasteiger partial charge is 0.505 e. The summed E-state index contributed by atoms with van der Waals surface area (Å²) in [5.74, 6) is -2.04. The van der Waals surface area contributed by atoms with Crippen molar-refractivity contribution in [3.8, 4) is 11.5 Å². The molecule has 0 bridgehead atoms. The van der Waals surface area contributed by atoms with Gasteiger partial charge in [0.25, 0.3) is 0 Å². The molecular weight excluding hydrogens is 261 g/mol. The summed E-state index contributed by atoms with van der Waals surface area (Å²) in [7, 11) is 1.45. The van der Waals surface area contributed by atoms with Crippen molar-refractivity contribution in [1.82, 2.24) is 0 Å². The van der Waals surface area contributed by atoms with Crippen LogP contribution >= 0.6 is 0 Å². The molecular formula is C15H16FNO3. The fraction of sp³-hybridized carbons (Fsp3) is 0.200. The minimum atomic E-state index is -0.899. The summed E-state index contributed by atoms with van der Waals surface area (Å²) in [5, 5.41) is 19.4. The molecule has 1 unspecified atom stereocenters. The number of benzene rings is 2. The highest BCUT2D eigenvalue weighted by atomic mass is 19.1. The summed E-state index contributed by atoms with van der Waals surface area (Å²) in [4.78, 5) is 0. The van der Waals surface area contributed by atoms with E-state index in [4.69, 9.17) is 10.5 Å². The molecule has 5 heteroatoms. The van der Waals surface area contributed by atoms with Crippen LogP contribution in [-0.4, -0.2) is 17.3 Å². The first-order chi connectivity index (χ1) is 9.45. The molecule has 0 aliphatic carbocycles. The highest BCUT2D eigenvalue weighted by Crippen LogP contribution is 2.41. The summed E-state index contributed by atoms with van der Waals surface area (Å²) in [5.41, 5.74) is 7.08. The molecule has 0 fully saturated rings. The Balaban J connectivity index is 2.55. The number of ether oxygens (including phenoxy) is 1. The lowest BCUT2D eigenvalue weighted by molar-refractivity contribution is 0.133. The van der Waals surface area contributed by atoms with Crippen LogP contribution < -0.4 is 5.73 Å². The van der Waals surface area contributed by atoms with Gasteiger partial charge in [0.1, 0.15) is 17.5 Å². The van der Waals surface area contributed by atoms with Gasteiger partial charge in [-0.1, -0.05) is 29.8 Å². The molecule has 0 aliphatic rings. The predicted octanol–water partition coefficient (Wildman–Crippen LogP) is 2.86. The van der Waals surface area contributed by atoms with Gasteiger partial charge in [-0.15, -0.1) is 0 Å². The first kappa shape index (κ1) is 14.1. The molecule has 2 aromatic carbocycles. The van der Waals surface area contributed by atoms with Crippen molar-refractivity contribution in [3.63, 3.8) is 0 Å². The van der Waals surface area contributed by atoms with E-state index < -0.39 is 23.4 Å². The van der Waals surface area contributed by atoms with Gasteiger partial charge < -0.3 is 20.7 Å². The zero-order valence-corrected chi connectivity index (χ0v) is 11.2. The van der Waals surface area contributed by atoms with E-state index in [1.165, 1.54) is 7.11 Å². The molecule has 4 nitrogen and oxygen atoms in total. The number of halogens is 1. The van der Waals surface area contributed by atoms with Gasteiger partial charge in [0.05, 0.1) is 0 Å². The fourth-order valence-corrected chi connectivity index (χ4v) is 2.05. The molecule has 2 rings (SSSR count). The summed E-state index contributed by atoms with van der Waals surface area (Å²) in [6.45, 7) is 1.95. The normalized spacial score (nSPS) is 12.3. The SMILES string of the molecule is COC(c1ccc(C)cc1)c1cc(F)c(O)c(N)c1O. The van der Waals surface area contributed by atoms with Crippen LogP contribution in [0.2, 0.25) is 0 Å². The van der Waals surface area contributed by atoms with Crippen LogP contribution in [0.4, 0.5) is 10.1 Å². The Bertz CT molecular complexity index is 626. The number of anilines is 1. The standard InChI is InChI=1S/C15H16FNO3/c1-8-3-5-9(6-4-8)15(20-2)10-7-11(16)14(19)12(17)13(10)18/h3-7,15,18-19H,17H2,1-2H3. The third-order valence-electron chi connectivity index (χ3n) is 3.19. The number of aromatic hydroxyl groups is 2. The van der Waals surface area contributed by atoms with E-state index in [0.717, 1.165) is 17.2 Å². The average molecular weight is 277 g/mol. The first-order valence-electron chi connectivity index (χ1n) is 6.04. The number of hydrogen-bond acceptors (Lipinski definition) is 4. The number of rotatable bonds is 3. The van der Waals surface area contributed by atoms with Gasteiger partial charge in [-0.25, -0.2) is 4.39 Å². The fourth-order valence-electron chi connectivity index (χ4n) is 2.05. The Morgan fingerprint density at radius 3 is 2.30 bits per heavy atom.